The number of carboxylic acids is 4. The number of anilines is 2. The number of fused-ring (bicyclic) bond motifs is 2. The molecule has 3 unspecified atom stereocenters. The summed E-state index contributed by atoms with van der Waals surface area (Å²) in [6, 6.07) is 9.84. The van der Waals surface area contributed by atoms with E-state index >= 15 is 0 Å². The second-order valence-corrected chi connectivity index (χ2v) is 26.9. The molecule has 0 aliphatic carbocycles. The smallest absolute Gasteiger partial charge is 0.320 e. The number of benzene rings is 2. The summed E-state index contributed by atoms with van der Waals surface area (Å²) in [5.41, 5.74) is 0.737. The van der Waals surface area contributed by atoms with Crippen LogP contribution in [0.1, 0.15) is 84.9 Å². The highest BCUT2D eigenvalue weighted by Crippen LogP contribution is 2.34. The number of nitrogens with zero attached hydrogens (tertiary/aromatic N) is 10. The van der Waals surface area contributed by atoms with Crippen molar-refractivity contribution < 1.29 is 119 Å². The average molecular weight is 1620 g/mol. The first-order valence-electron chi connectivity index (χ1n) is 36.1. The molecule has 0 spiro atoms. The standard InChI is InChI=1S/C71H87F4N19O21/c72-70(73)27-44(29-76)93(38-70)60(102)31-84-67(110)48-13-17-82-65-46(48)3-1-5-50(65)87-58(100)11-9-53(95)78-19-21-80-55(97)15-25-114-36-43(86-57(99)8-7-52(69(112)113)92-24-23-89(33-62(104)105)40-90(34-63(106)107)41-91(42-92)35-64(108)109)37-115-26-16-56(98)81-22-20-79-54(96)10-12-59(101)88-51-6-2-4-47-49(14-18-83-66(47)51)68(111)85-32-61(103)94-39-71(74,75)28-45(94)30-77/h1-6,13-14,17-18,43-45,52H,7-12,15-16,19-28,31-42H2,(H,78,95)(H,79,96)(H,80,97)(H,81,98)(H,84,110)(H,85,111)(H,86,99)(H,87,100)(H,88,101)(H,104,105)(H,106,107)(H,108,109)(H,112,113)/t43?,44-,45?,52?/m0/s1. The van der Waals surface area contributed by atoms with Crippen LogP contribution in [-0.4, -0.2) is 316 Å². The molecule has 44 heteroatoms. The summed E-state index contributed by atoms with van der Waals surface area (Å²) in [5, 5.41) is 81.4. The van der Waals surface area contributed by atoms with Crippen molar-refractivity contribution in [2.75, 3.05) is 142 Å². The molecular weight excluding hydrogens is 1530 g/mol. The number of halogens is 4. The third-order valence-corrected chi connectivity index (χ3v) is 17.8. The maximum atomic E-state index is 13.9. The Balaban J connectivity index is 0.847. The summed E-state index contributed by atoms with van der Waals surface area (Å²) in [6.07, 6.45) is -1.67. The van der Waals surface area contributed by atoms with Crippen molar-refractivity contribution >= 4 is 122 Å². The predicted molar refractivity (Wildman–Crippen MR) is 390 cm³/mol. The molecular formula is C71H87F4N19O21. The number of alkyl halides is 4. The minimum atomic E-state index is -3.26. The monoisotopic (exact) mass is 1620 g/mol. The van der Waals surface area contributed by atoms with Crippen LogP contribution in [-0.2, 0) is 71.8 Å². The number of carbonyl (C=O) groups is 15. The van der Waals surface area contributed by atoms with Gasteiger partial charge in [-0.1, -0.05) is 24.3 Å². The van der Waals surface area contributed by atoms with Gasteiger partial charge in [0.05, 0.1) is 144 Å². The van der Waals surface area contributed by atoms with E-state index in [1.54, 1.807) is 12.1 Å². The Bertz CT molecular complexity index is 4130. The van der Waals surface area contributed by atoms with Crippen molar-refractivity contribution in [3.05, 3.63) is 72.1 Å². The first-order valence-corrected chi connectivity index (χ1v) is 36.1. The van der Waals surface area contributed by atoms with E-state index in [9.17, 15) is 120 Å². The van der Waals surface area contributed by atoms with Gasteiger partial charge in [0.25, 0.3) is 23.7 Å². The van der Waals surface area contributed by atoms with Crippen LogP contribution < -0.4 is 47.9 Å². The van der Waals surface area contributed by atoms with E-state index < -0.39 is 190 Å². The molecule has 3 saturated heterocycles. The van der Waals surface area contributed by atoms with Crippen molar-refractivity contribution in [1.29, 1.82) is 10.5 Å². The molecule has 4 atom stereocenters. The molecule has 3 aliphatic heterocycles. The topological polar surface area (TPSA) is 556 Å². The third-order valence-electron chi connectivity index (χ3n) is 17.8. The van der Waals surface area contributed by atoms with Crippen molar-refractivity contribution in [1.82, 2.24) is 76.6 Å². The normalized spacial score (nSPS) is 16.9. The van der Waals surface area contributed by atoms with Crippen LogP contribution in [0.25, 0.3) is 21.8 Å². The summed E-state index contributed by atoms with van der Waals surface area (Å²) in [4.78, 5) is 206. The molecule has 0 radical (unpaired) electrons. The van der Waals surface area contributed by atoms with Gasteiger partial charge in [0, 0.05) is 120 Å². The molecule has 7 rings (SSSR count). The Morgan fingerprint density at radius 3 is 1.31 bits per heavy atom. The molecule has 40 nitrogen and oxygen atoms in total. The van der Waals surface area contributed by atoms with Crippen molar-refractivity contribution in [2.24, 2.45) is 0 Å². The van der Waals surface area contributed by atoms with Gasteiger partial charge >= 0.3 is 23.9 Å². The summed E-state index contributed by atoms with van der Waals surface area (Å²) < 4.78 is 67.2. The zero-order valence-electron chi connectivity index (χ0n) is 62.0. The van der Waals surface area contributed by atoms with Crippen LogP contribution in [0.3, 0.4) is 0 Å². The van der Waals surface area contributed by atoms with Gasteiger partial charge in [-0.2, -0.15) is 10.5 Å². The first-order chi connectivity index (χ1) is 54.7. The molecule has 3 aliphatic rings. The van der Waals surface area contributed by atoms with Crippen LogP contribution >= 0.6 is 0 Å². The van der Waals surface area contributed by atoms with Gasteiger partial charge in [-0.25, -0.2) is 17.6 Å². The van der Waals surface area contributed by atoms with Gasteiger partial charge in [0.1, 0.15) is 18.1 Å². The number of nitrogens with one attached hydrogen (secondary N) is 9. The Hall–Kier alpha value is -12.2. The van der Waals surface area contributed by atoms with Crippen molar-refractivity contribution in [3.8, 4) is 12.1 Å². The fraction of sp³-hybridized carbons (Fsp3) is 0.507. The van der Waals surface area contributed by atoms with Crippen LogP contribution in [0.5, 0.6) is 0 Å². The van der Waals surface area contributed by atoms with E-state index in [0.29, 0.717) is 9.80 Å². The largest absolute Gasteiger partial charge is 0.480 e. The number of para-hydroxylation sites is 2. The summed E-state index contributed by atoms with van der Waals surface area (Å²) in [5.74, 6) is -19.3. The number of hydrogen-bond acceptors (Lipinski definition) is 25. The summed E-state index contributed by atoms with van der Waals surface area (Å²) >= 11 is 0. The number of nitriles is 2. The van der Waals surface area contributed by atoms with E-state index in [1.165, 1.54) is 80.5 Å². The van der Waals surface area contributed by atoms with Crippen molar-refractivity contribution in [2.45, 2.75) is 100 Å². The lowest BCUT2D eigenvalue weighted by atomic mass is 10.1. The van der Waals surface area contributed by atoms with Crippen LogP contribution in [0.15, 0.2) is 60.9 Å². The third kappa shape index (κ3) is 29.4. The predicted octanol–water partition coefficient (Wildman–Crippen LogP) is -1.76. The highest BCUT2D eigenvalue weighted by Gasteiger charge is 2.48. The molecule has 13 N–H and O–H groups in total. The minimum absolute atomic E-state index is 0.0296. The molecule has 2 aromatic heterocycles. The molecule has 0 bridgehead atoms. The van der Waals surface area contributed by atoms with Crippen LogP contribution in [0.2, 0.25) is 0 Å². The van der Waals surface area contributed by atoms with E-state index in [1.807, 2.05) is 0 Å². The summed E-state index contributed by atoms with van der Waals surface area (Å²) in [6.45, 7) is -7.71. The van der Waals surface area contributed by atoms with Gasteiger partial charge in [-0.15, -0.1) is 0 Å². The number of amides is 11. The van der Waals surface area contributed by atoms with Crippen LogP contribution in [0.4, 0.5) is 28.9 Å². The van der Waals surface area contributed by atoms with Gasteiger partial charge in [0.2, 0.25) is 53.2 Å². The second-order valence-electron chi connectivity index (χ2n) is 26.9. The highest BCUT2D eigenvalue weighted by atomic mass is 19.3. The first kappa shape index (κ1) is 90.0. The zero-order valence-corrected chi connectivity index (χ0v) is 62.0. The van der Waals surface area contributed by atoms with E-state index in [4.69, 9.17) is 9.47 Å². The molecule has 3 fully saturated rings. The summed E-state index contributed by atoms with van der Waals surface area (Å²) in [7, 11) is 0. The van der Waals surface area contributed by atoms with E-state index in [-0.39, 0.29) is 175 Å². The number of pyridine rings is 2. The lowest BCUT2D eigenvalue weighted by Gasteiger charge is -2.34. The quantitative estimate of drug-likeness (QED) is 0.0173. The number of aromatic nitrogens is 2. The second kappa shape index (κ2) is 43.7. The van der Waals surface area contributed by atoms with Gasteiger partial charge in [-0.05, 0) is 30.7 Å². The number of aliphatic carboxylic acids is 4. The maximum Gasteiger partial charge on any atom is 0.320 e. The fourth-order valence-corrected chi connectivity index (χ4v) is 12.5. The number of likely N-dealkylation sites (tertiary alicyclic amines) is 2. The van der Waals surface area contributed by atoms with Gasteiger partial charge < -0.3 is 87.6 Å². The average Bonchev–Trinajstić information content (AvgIpc) is 1.73. The fourth-order valence-electron chi connectivity index (χ4n) is 12.5. The number of ether oxygens (including phenoxy) is 2. The number of hydrogen-bond donors (Lipinski definition) is 13. The van der Waals surface area contributed by atoms with Crippen molar-refractivity contribution in [3.63, 3.8) is 0 Å². The Labute approximate surface area is 652 Å². The Morgan fingerprint density at radius 1 is 0.496 bits per heavy atom. The van der Waals surface area contributed by atoms with Crippen LogP contribution in [0, 0.1) is 22.7 Å². The number of carboxylic acid groups (broad SMARTS) is 4. The lowest BCUT2D eigenvalue weighted by molar-refractivity contribution is -0.146. The molecule has 115 heavy (non-hydrogen) atoms. The zero-order chi connectivity index (χ0) is 83.9. The van der Waals surface area contributed by atoms with E-state index in [2.05, 4.69) is 57.8 Å². The van der Waals surface area contributed by atoms with E-state index in [0.717, 1.165) is 0 Å². The Kier molecular flexibility index (Phi) is 34.2. The maximum absolute atomic E-state index is 13.9. The van der Waals surface area contributed by atoms with Gasteiger partial charge in [0.15, 0.2) is 0 Å². The minimum Gasteiger partial charge on any atom is -0.480 e. The highest BCUT2D eigenvalue weighted by molar-refractivity contribution is 6.12. The molecule has 5 heterocycles. The lowest BCUT2D eigenvalue weighted by Crippen LogP contribution is -2.51. The van der Waals surface area contributed by atoms with Gasteiger partial charge in [-0.3, -0.25) is 101 Å². The molecule has 11 amide bonds. The molecule has 620 valence electrons. The molecule has 4 aromatic rings. The SMILES string of the molecule is N#CC1CC(F)(F)CN1C(=O)CNC(=O)c1ccnc2c(NC(=O)CCC(=O)NCCNC(=O)CCOCC(COCCC(=O)NCCNC(=O)CCC(=O)Nc3cccc4c(C(=O)NCC(=O)N5CC(F)(F)C[C@H]5C#N)ccnc34)NC(=O)CCC(C(=O)O)N3CCN(CC(=O)O)CN(CC(=O)O)CN(CC(=O)O)C3)cccc12. The number of carbonyl (C=O) groups excluding carboxylic acids is 11. The molecule has 2 aromatic carbocycles. The number of rotatable bonds is 42. The molecule has 0 saturated carbocycles. The Morgan fingerprint density at radius 2 is 0.896 bits per heavy atom.